The predicted octanol–water partition coefficient (Wildman–Crippen LogP) is 2.99. The van der Waals surface area contributed by atoms with Crippen molar-refractivity contribution in [2.75, 3.05) is 0 Å². The molecule has 0 aliphatic heterocycles. The standard InChI is InChI=1S/C11H19N/c1-3-7-11(4-2)8-5-10(12)6-9-11/h4-5H,2-3,6-9,12H2,1H3. The molecule has 0 saturated carbocycles. The largest absolute Gasteiger partial charge is 0.402 e. The van der Waals surface area contributed by atoms with E-state index in [2.05, 4.69) is 25.7 Å². The van der Waals surface area contributed by atoms with E-state index in [1.165, 1.54) is 19.3 Å². The molecule has 0 aromatic rings. The van der Waals surface area contributed by atoms with Crippen LogP contribution in [-0.2, 0) is 0 Å². The van der Waals surface area contributed by atoms with Crippen LogP contribution in [0.4, 0.5) is 0 Å². The van der Waals surface area contributed by atoms with Gasteiger partial charge >= 0.3 is 0 Å². The van der Waals surface area contributed by atoms with Crippen molar-refractivity contribution in [1.29, 1.82) is 0 Å². The zero-order valence-electron chi connectivity index (χ0n) is 7.97. The van der Waals surface area contributed by atoms with Gasteiger partial charge in [-0.3, -0.25) is 0 Å². The summed E-state index contributed by atoms with van der Waals surface area (Å²) in [4.78, 5) is 0. The molecule has 0 spiro atoms. The zero-order valence-corrected chi connectivity index (χ0v) is 7.97. The lowest BCUT2D eigenvalue weighted by molar-refractivity contribution is 0.309. The van der Waals surface area contributed by atoms with Crippen molar-refractivity contribution in [2.24, 2.45) is 11.1 Å². The molecule has 1 aliphatic rings. The van der Waals surface area contributed by atoms with Crippen molar-refractivity contribution in [2.45, 2.75) is 39.0 Å². The molecule has 1 nitrogen and oxygen atoms in total. The molecule has 1 atom stereocenters. The van der Waals surface area contributed by atoms with E-state index in [4.69, 9.17) is 5.73 Å². The monoisotopic (exact) mass is 165 g/mol. The first-order chi connectivity index (χ1) is 5.72. The maximum atomic E-state index is 5.73. The van der Waals surface area contributed by atoms with Crippen LogP contribution in [0.2, 0.25) is 0 Å². The fourth-order valence-electron chi connectivity index (χ4n) is 1.94. The van der Waals surface area contributed by atoms with Gasteiger partial charge in [0.25, 0.3) is 0 Å². The molecule has 1 unspecified atom stereocenters. The molecule has 0 heterocycles. The van der Waals surface area contributed by atoms with Crippen LogP contribution in [0.1, 0.15) is 39.0 Å². The van der Waals surface area contributed by atoms with Gasteiger partial charge in [-0.05, 0) is 31.1 Å². The van der Waals surface area contributed by atoms with Gasteiger partial charge in [-0.15, -0.1) is 6.58 Å². The van der Waals surface area contributed by atoms with Crippen molar-refractivity contribution < 1.29 is 0 Å². The Morgan fingerprint density at radius 1 is 1.75 bits per heavy atom. The first-order valence-electron chi connectivity index (χ1n) is 4.80. The van der Waals surface area contributed by atoms with Gasteiger partial charge in [-0.1, -0.05) is 25.5 Å². The smallest absolute Gasteiger partial charge is 0.00406 e. The van der Waals surface area contributed by atoms with Crippen molar-refractivity contribution in [1.82, 2.24) is 0 Å². The third-order valence-corrected chi connectivity index (χ3v) is 2.86. The zero-order chi connectivity index (χ0) is 9.03. The quantitative estimate of drug-likeness (QED) is 0.639. The van der Waals surface area contributed by atoms with E-state index < -0.39 is 0 Å². The Morgan fingerprint density at radius 2 is 2.50 bits per heavy atom. The minimum absolute atomic E-state index is 0.359. The molecular formula is C11H19N. The Bertz CT molecular complexity index is 193. The van der Waals surface area contributed by atoms with Crippen LogP contribution in [0.3, 0.4) is 0 Å². The van der Waals surface area contributed by atoms with Gasteiger partial charge < -0.3 is 5.73 Å². The number of hydrogen-bond acceptors (Lipinski definition) is 1. The van der Waals surface area contributed by atoms with Crippen LogP contribution in [0, 0.1) is 5.41 Å². The van der Waals surface area contributed by atoms with Crippen LogP contribution in [0.15, 0.2) is 24.4 Å². The predicted molar refractivity (Wildman–Crippen MR) is 53.7 cm³/mol. The first kappa shape index (κ1) is 9.37. The number of nitrogens with two attached hydrogens (primary N) is 1. The highest BCUT2D eigenvalue weighted by Gasteiger charge is 2.26. The van der Waals surface area contributed by atoms with Gasteiger partial charge in [0, 0.05) is 5.70 Å². The minimum atomic E-state index is 0.359. The Balaban J connectivity index is 2.64. The normalized spacial score (nSPS) is 29.6. The molecular weight excluding hydrogens is 146 g/mol. The lowest BCUT2D eigenvalue weighted by Gasteiger charge is -2.32. The van der Waals surface area contributed by atoms with E-state index in [-0.39, 0.29) is 0 Å². The molecule has 68 valence electrons. The average Bonchev–Trinajstić information content (AvgIpc) is 2.10. The van der Waals surface area contributed by atoms with E-state index in [1.54, 1.807) is 0 Å². The molecule has 0 amide bonds. The van der Waals surface area contributed by atoms with Gasteiger partial charge in [-0.25, -0.2) is 0 Å². The highest BCUT2D eigenvalue weighted by molar-refractivity contribution is 5.10. The van der Waals surface area contributed by atoms with Crippen LogP contribution in [-0.4, -0.2) is 0 Å². The second-order valence-electron chi connectivity index (χ2n) is 3.80. The van der Waals surface area contributed by atoms with Crippen molar-refractivity contribution >= 4 is 0 Å². The number of allylic oxidation sites excluding steroid dienone is 3. The first-order valence-corrected chi connectivity index (χ1v) is 4.80. The van der Waals surface area contributed by atoms with E-state index in [9.17, 15) is 0 Å². The topological polar surface area (TPSA) is 26.0 Å². The summed E-state index contributed by atoms with van der Waals surface area (Å²) in [7, 11) is 0. The Morgan fingerprint density at radius 3 is 2.92 bits per heavy atom. The Hall–Kier alpha value is -0.720. The third-order valence-electron chi connectivity index (χ3n) is 2.86. The van der Waals surface area contributed by atoms with Gasteiger partial charge in [0.1, 0.15) is 0 Å². The van der Waals surface area contributed by atoms with E-state index in [0.717, 1.165) is 18.5 Å². The van der Waals surface area contributed by atoms with Gasteiger partial charge in [-0.2, -0.15) is 0 Å². The summed E-state index contributed by atoms with van der Waals surface area (Å²) in [5, 5.41) is 0. The summed E-state index contributed by atoms with van der Waals surface area (Å²) < 4.78 is 0. The summed E-state index contributed by atoms with van der Waals surface area (Å²) in [5.41, 5.74) is 7.15. The van der Waals surface area contributed by atoms with Crippen LogP contribution >= 0.6 is 0 Å². The average molecular weight is 165 g/mol. The molecule has 0 saturated heterocycles. The van der Waals surface area contributed by atoms with Crippen LogP contribution in [0.5, 0.6) is 0 Å². The van der Waals surface area contributed by atoms with Gasteiger partial charge in [0.05, 0.1) is 0 Å². The fraction of sp³-hybridized carbons (Fsp3) is 0.636. The molecule has 0 aromatic heterocycles. The number of hydrogen-bond donors (Lipinski definition) is 1. The Labute approximate surface area is 75.3 Å². The van der Waals surface area contributed by atoms with Gasteiger partial charge in [0.2, 0.25) is 0 Å². The Kier molecular flexibility index (Phi) is 2.96. The molecule has 12 heavy (non-hydrogen) atoms. The molecule has 0 bridgehead atoms. The van der Waals surface area contributed by atoms with Crippen molar-refractivity contribution in [3.8, 4) is 0 Å². The minimum Gasteiger partial charge on any atom is -0.402 e. The summed E-state index contributed by atoms with van der Waals surface area (Å²) in [6.07, 6.45) is 10.1. The molecule has 1 rings (SSSR count). The molecule has 1 heteroatoms. The maximum absolute atomic E-state index is 5.73. The van der Waals surface area contributed by atoms with Crippen molar-refractivity contribution in [3.63, 3.8) is 0 Å². The van der Waals surface area contributed by atoms with Crippen LogP contribution < -0.4 is 5.73 Å². The molecule has 1 aliphatic carbocycles. The SMILES string of the molecule is C=CC1(CCC)CC=C(N)CC1. The highest BCUT2D eigenvalue weighted by atomic mass is 14.6. The second kappa shape index (κ2) is 3.79. The molecule has 0 aromatic carbocycles. The van der Waals surface area contributed by atoms with E-state index in [1.807, 2.05) is 0 Å². The fourth-order valence-corrected chi connectivity index (χ4v) is 1.94. The summed E-state index contributed by atoms with van der Waals surface area (Å²) in [5.74, 6) is 0. The molecule has 0 fully saturated rings. The van der Waals surface area contributed by atoms with E-state index >= 15 is 0 Å². The van der Waals surface area contributed by atoms with Gasteiger partial charge in [0.15, 0.2) is 0 Å². The number of rotatable bonds is 3. The summed E-state index contributed by atoms with van der Waals surface area (Å²) in [6.45, 7) is 6.16. The maximum Gasteiger partial charge on any atom is 0.00406 e. The summed E-state index contributed by atoms with van der Waals surface area (Å²) in [6, 6.07) is 0. The third kappa shape index (κ3) is 1.90. The molecule has 2 N–H and O–H groups in total. The van der Waals surface area contributed by atoms with E-state index in [0.29, 0.717) is 5.41 Å². The lowest BCUT2D eigenvalue weighted by Crippen LogP contribution is -2.22. The van der Waals surface area contributed by atoms with Crippen LogP contribution in [0.25, 0.3) is 0 Å². The molecule has 0 radical (unpaired) electrons. The lowest BCUT2D eigenvalue weighted by atomic mass is 9.73. The van der Waals surface area contributed by atoms with Crippen molar-refractivity contribution in [3.05, 3.63) is 24.4 Å². The highest BCUT2D eigenvalue weighted by Crippen LogP contribution is 2.39. The summed E-state index contributed by atoms with van der Waals surface area (Å²) >= 11 is 0. The second-order valence-corrected chi connectivity index (χ2v) is 3.80.